The molecule has 1 unspecified atom stereocenters. The minimum absolute atomic E-state index is 0.0511. The normalized spacial score (nSPS) is 15.2. The predicted octanol–water partition coefficient (Wildman–Crippen LogP) is 2.78. The summed E-state index contributed by atoms with van der Waals surface area (Å²) in [5.74, 6) is 0.478. The third-order valence-corrected chi connectivity index (χ3v) is 7.95. The van der Waals surface area contributed by atoms with Crippen LogP contribution in [-0.4, -0.2) is 71.8 Å². The maximum absolute atomic E-state index is 13.6. The molecule has 3 heterocycles. The summed E-state index contributed by atoms with van der Waals surface area (Å²) in [5, 5.41) is 6.68. The summed E-state index contributed by atoms with van der Waals surface area (Å²) < 4.78 is 32.2. The number of aromatic amines is 1. The van der Waals surface area contributed by atoms with Crippen LogP contribution >= 0.6 is 0 Å². The van der Waals surface area contributed by atoms with E-state index in [1.165, 1.54) is 6.92 Å². The van der Waals surface area contributed by atoms with Crippen molar-refractivity contribution in [1.29, 1.82) is 0 Å². The molecule has 1 N–H and O–H groups in total. The maximum Gasteiger partial charge on any atom is 0.279 e. The molecule has 1 aliphatic heterocycles. The molecule has 1 aliphatic rings. The number of fused-ring (bicyclic) bond motifs is 1. The molecule has 4 aromatic rings. The van der Waals surface area contributed by atoms with Gasteiger partial charge in [0, 0.05) is 62.0 Å². The summed E-state index contributed by atoms with van der Waals surface area (Å²) in [7, 11) is -0.370. The molecule has 2 amide bonds. The predicted molar refractivity (Wildman–Crippen MR) is 144 cm³/mol. The molecule has 2 aromatic heterocycles. The molecule has 11 nitrogen and oxygen atoms in total. The molecule has 0 saturated heterocycles. The van der Waals surface area contributed by atoms with E-state index in [1.54, 1.807) is 42.3 Å². The molecule has 1 atom stereocenters. The van der Waals surface area contributed by atoms with Crippen LogP contribution in [0.2, 0.25) is 0 Å². The number of carbonyl (C=O) groups excluding carboxylic acids is 2. The van der Waals surface area contributed by atoms with Crippen molar-refractivity contribution in [2.75, 3.05) is 31.9 Å². The Hall–Kier alpha value is -4.45. The Morgan fingerprint density at radius 3 is 2.41 bits per heavy atom. The van der Waals surface area contributed by atoms with Gasteiger partial charge in [0.2, 0.25) is 5.91 Å². The number of rotatable bonds is 7. The lowest BCUT2D eigenvalue weighted by atomic mass is 9.87. The van der Waals surface area contributed by atoms with E-state index in [0.717, 1.165) is 17.5 Å². The molecular formula is C27H28N6O5S. The lowest BCUT2D eigenvalue weighted by molar-refractivity contribution is -0.128. The van der Waals surface area contributed by atoms with Crippen LogP contribution in [0.1, 0.15) is 40.3 Å². The molecule has 2 aromatic carbocycles. The first-order valence-electron chi connectivity index (χ1n) is 12.2. The molecule has 0 radical (unpaired) electrons. The minimum atomic E-state index is -3.66. The van der Waals surface area contributed by atoms with Crippen LogP contribution in [0.4, 0.5) is 5.69 Å². The van der Waals surface area contributed by atoms with E-state index in [0.29, 0.717) is 29.4 Å². The Morgan fingerprint density at radius 2 is 1.79 bits per heavy atom. The number of benzene rings is 2. The van der Waals surface area contributed by atoms with Crippen LogP contribution in [0, 0.1) is 0 Å². The molecule has 12 heteroatoms. The van der Waals surface area contributed by atoms with E-state index in [1.807, 2.05) is 47.2 Å². The van der Waals surface area contributed by atoms with E-state index in [9.17, 15) is 18.0 Å². The zero-order valence-electron chi connectivity index (χ0n) is 22.0. The van der Waals surface area contributed by atoms with Gasteiger partial charge in [0.1, 0.15) is 11.6 Å². The van der Waals surface area contributed by atoms with Crippen molar-refractivity contribution >= 4 is 27.3 Å². The number of amides is 2. The third-order valence-electron chi connectivity index (χ3n) is 6.89. The van der Waals surface area contributed by atoms with E-state index < -0.39 is 15.8 Å². The van der Waals surface area contributed by atoms with Crippen LogP contribution in [0.3, 0.4) is 0 Å². The fourth-order valence-corrected chi connectivity index (χ4v) is 5.57. The van der Waals surface area contributed by atoms with Gasteiger partial charge in [-0.05, 0) is 42.0 Å². The molecule has 0 spiro atoms. The van der Waals surface area contributed by atoms with Gasteiger partial charge < -0.3 is 19.1 Å². The van der Waals surface area contributed by atoms with E-state index >= 15 is 0 Å². The van der Waals surface area contributed by atoms with Crippen LogP contribution in [0.15, 0.2) is 66.0 Å². The highest BCUT2D eigenvalue weighted by Crippen LogP contribution is 2.38. The molecule has 0 fully saturated rings. The Bertz CT molecular complexity index is 1640. The van der Waals surface area contributed by atoms with E-state index in [-0.39, 0.29) is 29.1 Å². The fourth-order valence-electron chi connectivity index (χ4n) is 4.72. The van der Waals surface area contributed by atoms with Crippen LogP contribution < -0.4 is 9.64 Å². The van der Waals surface area contributed by atoms with Gasteiger partial charge in [-0.25, -0.2) is 13.4 Å². The molecule has 0 bridgehead atoms. The van der Waals surface area contributed by atoms with Gasteiger partial charge >= 0.3 is 0 Å². The number of hydrogen-bond donors (Lipinski definition) is 1. The Balaban J connectivity index is 1.51. The van der Waals surface area contributed by atoms with E-state index in [4.69, 9.17) is 4.74 Å². The number of nitrogens with zero attached hydrogens (tertiary/aromatic N) is 5. The first-order chi connectivity index (χ1) is 18.6. The number of sulfone groups is 1. The number of methoxy groups -OCH3 is 1. The summed E-state index contributed by atoms with van der Waals surface area (Å²) in [6, 6.07) is 14.7. The molecular weight excluding hydrogens is 520 g/mol. The minimum Gasteiger partial charge on any atom is -0.497 e. The number of aromatic nitrogens is 4. The van der Waals surface area contributed by atoms with Crippen molar-refractivity contribution < 1.29 is 22.7 Å². The smallest absolute Gasteiger partial charge is 0.279 e. The van der Waals surface area contributed by atoms with Crippen molar-refractivity contribution in [2.24, 2.45) is 0 Å². The Morgan fingerprint density at radius 1 is 1.13 bits per heavy atom. The zero-order valence-corrected chi connectivity index (χ0v) is 22.8. The third kappa shape index (κ3) is 4.90. The highest BCUT2D eigenvalue weighted by atomic mass is 32.2. The summed E-state index contributed by atoms with van der Waals surface area (Å²) in [5.41, 5.74) is 2.74. The lowest BCUT2D eigenvalue weighted by Crippen LogP contribution is -2.40. The number of carbonyl (C=O) groups is 2. The molecule has 39 heavy (non-hydrogen) atoms. The first-order valence-corrected chi connectivity index (χ1v) is 14.1. The molecule has 0 saturated carbocycles. The maximum atomic E-state index is 13.6. The summed E-state index contributed by atoms with van der Waals surface area (Å²) >= 11 is 0. The van der Waals surface area contributed by atoms with Crippen molar-refractivity contribution in [2.45, 2.75) is 24.4 Å². The average molecular weight is 549 g/mol. The highest BCUT2D eigenvalue weighted by Gasteiger charge is 2.39. The second-order valence-corrected chi connectivity index (χ2v) is 11.4. The van der Waals surface area contributed by atoms with Crippen LogP contribution in [-0.2, 0) is 21.2 Å². The second-order valence-electron chi connectivity index (χ2n) is 9.43. The number of imidazole rings is 1. The van der Waals surface area contributed by atoms with Gasteiger partial charge in [0.15, 0.2) is 20.6 Å². The standard InChI is InChI=1S/C27H28N6O5S/c1-17(34)31(2)16-23-28-13-14-32(23)19-7-9-20(10-8-19)33-15-22(18-5-11-21(38-3)12-6-18)24-25(27(33)35)29-30-26(24)39(4,36)37/h5-14,22H,15-16H2,1-4H3,(H,29,30). The number of H-pyrrole nitrogens is 1. The molecule has 202 valence electrons. The summed E-state index contributed by atoms with van der Waals surface area (Å²) in [6.45, 7) is 2.07. The molecule has 5 rings (SSSR count). The van der Waals surface area contributed by atoms with Crippen LogP contribution in [0.5, 0.6) is 5.75 Å². The van der Waals surface area contributed by atoms with Gasteiger partial charge in [-0.1, -0.05) is 12.1 Å². The second kappa shape index (κ2) is 10.0. The SMILES string of the molecule is COc1ccc(C2CN(c3ccc(-n4ccnc4CN(C)C(C)=O)cc3)C(=O)c3n[nH]c(S(C)(=O)=O)c32)cc1. The number of anilines is 1. The van der Waals surface area contributed by atoms with Gasteiger partial charge in [0.25, 0.3) is 5.91 Å². The number of nitrogens with one attached hydrogen (secondary N) is 1. The topological polar surface area (TPSA) is 130 Å². The van der Waals surface area contributed by atoms with Gasteiger partial charge in [-0.2, -0.15) is 5.10 Å². The van der Waals surface area contributed by atoms with Crippen molar-refractivity contribution in [1.82, 2.24) is 24.6 Å². The molecule has 0 aliphatic carbocycles. The van der Waals surface area contributed by atoms with Crippen molar-refractivity contribution in [3.63, 3.8) is 0 Å². The average Bonchev–Trinajstić information content (AvgIpc) is 3.57. The zero-order chi connectivity index (χ0) is 27.9. The lowest BCUT2D eigenvalue weighted by Gasteiger charge is -2.33. The first kappa shape index (κ1) is 26.2. The highest BCUT2D eigenvalue weighted by molar-refractivity contribution is 7.90. The summed E-state index contributed by atoms with van der Waals surface area (Å²) in [4.78, 5) is 32.8. The fraction of sp³-hybridized carbons (Fsp3) is 0.259. The van der Waals surface area contributed by atoms with E-state index in [2.05, 4.69) is 15.2 Å². The Labute approximate surface area is 225 Å². The van der Waals surface area contributed by atoms with Gasteiger partial charge in [-0.15, -0.1) is 0 Å². The number of ether oxygens (including phenoxy) is 1. The number of hydrogen-bond acceptors (Lipinski definition) is 7. The van der Waals surface area contributed by atoms with Crippen molar-refractivity contribution in [3.8, 4) is 11.4 Å². The quantitative estimate of drug-likeness (QED) is 0.376. The van der Waals surface area contributed by atoms with Crippen LogP contribution in [0.25, 0.3) is 5.69 Å². The summed E-state index contributed by atoms with van der Waals surface area (Å²) in [6.07, 6.45) is 4.58. The Kier molecular flexibility index (Phi) is 6.73. The van der Waals surface area contributed by atoms with Gasteiger partial charge in [0.05, 0.1) is 13.7 Å². The largest absolute Gasteiger partial charge is 0.497 e. The monoisotopic (exact) mass is 548 g/mol. The van der Waals surface area contributed by atoms with Crippen molar-refractivity contribution in [3.05, 3.63) is 83.6 Å². The van der Waals surface area contributed by atoms with Gasteiger partial charge in [-0.3, -0.25) is 14.7 Å².